The van der Waals surface area contributed by atoms with Crippen molar-refractivity contribution in [2.45, 2.75) is 70.9 Å². The van der Waals surface area contributed by atoms with Gasteiger partial charge in [0.25, 0.3) is 0 Å². The van der Waals surface area contributed by atoms with Gasteiger partial charge in [0.15, 0.2) is 0 Å². The highest BCUT2D eigenvalue weighted by Gasteiger charge is 2.51. The van der Waals surface area contributed by atoms with Gasteiger partial charge in [0.2, 0.25) is 17.7 Å². The van der Waals surface area contributed by atoms with Crippen molar-refractivity contribution in [1.29, 1.82) is 0 Å². The predicted molar refractivity (Wildman–Crippen MR) is 90.8 cm³/mol. The Morgan fingerprint density at radius 2 is 1.67 bits per heavy atom. The maximum absolute atomic E-state index is 12.8. The Hall–Kier alpha value is -1.65. The molecule has 3 rings (SSSR count). The van der Waals surface area contributed by atoms with Crippen molar-refractivity contribution in [2.24, 2.45) is 17.8 Å². The highest BCUT2D eigenvalue weighted by atomic mass is 16.2. The molecule has 3 amide bonds. The van der Waals surface area contributed by atoms with Crippen molar-refractivity contribution in [3.8, 4) is 0 Å². The van der Waals surface area contributed by atoms with Gasteiger partial charge in [0, 0.05) is 6.04 Å². The molecule has 1 saturated carbocycles. The molecule has 0 radical (unpaired) electrons. The van der Waals surface area contributed by atoms with Crippen LogP contribution >= 0.6 is 0 Å². The SMILES string of the molecule is CC(C)C[C@@H](C(=O)NC1CCCC1)N1C(=O)[C@H]2CC=CC[C@H]2C1=O. The number of imide groups is 1. The van der Waals surface area contributed by atoms with Crippen LogP contribution < -0.4 is 5.32 Å². The van der Waals surface area contributed by atoms with E-state index >= 15 is 0 Å². The molecule has 0 aromatic rings. The summed E-state index contributed by atoms with van der Waals surface area (Å²) in [7, 11) is 0. The summed E-state index contributed by atoms with van der Waals surface area (Å²) in [6.07, 6.45) is 9.98. The van der Waals surface area contributed by atoms with E-state index in [-0.39, 0.29) is 41.5 Å². The molecule has 24 heavy (non-hydrogen) atoms. The minimum Gasteiger partial charge on any atom is -0.352 e. The molecule has 0 aromatic carbocycles. The topological polar surface area (TPSA) is 66.5 Å². The zero-order valence-corrected chi connectivity index (χ0v) is 14.7. The fraction of sp³-hybridized carbons (Fsp3) is 0.737. The molecule has 0 unspecified atom stereocenters. The van der Waals surface area contributed by atoms with Gasteiger partial charge in [-0.15, -0.1) is 0 Å². The van der Waals surface area contributed by atoms with Crippen LogP contribution in [-0.4, -0.2) is 34.7 Å². The summed E-state index contributed by atoms with van der Waals surface area (Å²) >= 11 is 0. The molecule has 3 atom stereocenters. The Kier molecular flexibility index (Phi) is 5.07. The van der Waals surface area contributed by atoms with Crippen LogP contribution in [-0.2, 0) is 14.4 Å². The summed E-state index contributed by atoms with van der Waals surface area (Å²) in [4.78, 5) is 39.8. The standard InChI is InChI=1S/C19H28N2O3/c1-12(2)11-16(17(22)20-13-7-3-4-8-13)21-18(23)14-9-5-6-10-15(14)19(21)24/h5-6,12-16H,3-4,7-11H2,1-2H3,(H,20,22)/t14-,15+,16-/m0/s1. The van der Waals surface area contributed by atoms with E-state index < -0.39 is 6.04 Å². The number of carbonyl (C=O) groups is 3. The van der Waals surface area contributed by atoms with Crippen molar-refractivity contribution < 1.29 is 14.4 Å². The van der Waals surface area contributed by atoms with E-state index in [0.717, 1.165) is 25.7 Å². The van der Waals surface area contributed by atoms with Crippen LogP contribution in [0.2, 0.25) is 0 Å². The Labute approximate surface area is 143 Å². The second kappa shape index (κ2) is 7.08. The molecule has 0 bridgehead atoms. The zero-order valence-electron chi connectivity index (χ0n) is 14.7. The number of carbonyl (C=O) groups excluding carboxylic acids is 3. The number of amides is 3. The first-order valence-corrected chi connectivity index (χ1v) is 9.31. The van der Waals surface area contributed by atoms with E-state index in [4.69, 9.17) is 0 Å². The molecule has 1 aliphatic heterocycles. The van der Waals surface area contributed by atoms with Gasteiger partial charge in [0.1, 0.15) is 6.04 Å². The number of hydrogen-bond acceptors (Lipinski definition) is 3. The third-order valence-corrected chi connectivity index (χ3v) is 5.55. The summed E-state index contributed by atoms with van der Waals surface area (Å²) in [5, 5.41) is 3.08. The van der Waals surface area contributed by atoms with Crippen molar-refractivity contribution >= 4 is 17.7 Å². The Morgan fingerprint density at radius 1 is 1.12 bits per heavy atom. The van der Waals surface area contributed by atoms with E-state index in [1.165, 1.54) is 4.90 Å². The van der Waals surface area contributed by atoms with Crippen LogP contribution in [0.4, 0.5) is 0 Å². The molecule has 132 valence electrons. The number of rotatable bonds is 5. The third-order valence-electron chi connectivity index (χ3n) is 5.55. The third kappa shape index (κ3) is 3.26. The molecule has 0 spiro atoms. The molecule has 0 aromatic heterocycles. The van der Waals surface area contributed by atoms with Gasteiger partial charge < -0.3 is 5.32 Å². The van der Waals surface area contributed by atoms with Crippen LogP contribution in [0.1, 0.15) is 58.8 Å². The Morgan fingerprint density at radius 3 is 2.17 bits per heavy atom. The zero-order chi connectivity index (χ0) is 17.3. The van der Waals surface area contributed by atoms with Crippen LogP contribution in [0.3, 0.4) is 0 Å². The summed E-state index contributed by atoms with van der Waals surface area (Å²) in [5.41, 5.74) is 0. The van der Waals surface area contributed by atoms with Gasteiger partial charge in [-0.05, 0) is 38.0 Å². The van der Waals surface area contributed by atoms with Crippen molar-refractivity contribution in [3.63, 3.8) is 0 Å². The summed E-state index contributed by atoms with van der Waals surface area (Å²) in [5.74, 6) is -0.745. The van der Waals surface area contributed by atoms with E-state index in [9.17, 15) is 14.4 Å². The largest absolute Gasteiger partial charge is 0.352 e. The highest BCUT2D eigenvalue weighted by Crippen LogP contribution is 2.37. The monoisotopic (exact) mass is 332 g/mol. The molecular formula is C19H28N2O3. The van der Waals surface area contributed by atoms with Gasteiger partial charge in [-0.2, -0.15) is 0 Å². The smallest absolute Gasteiger partial charge is 0.243 e. The van der Waals surface area contributed by atoms with Gasteiger partial charge >= 0.3 is 0 Å². The van der Waals surface area contributed by atoms with Crippen molar-refractivity contribution in [2.75, 3.05) is 0 Å². The summed E-state index contributed by atoms with van der Waals surface area (Å²) in [6.45, 7) is 4.05. The van der Waals surface area contributed by atoms with Crippen LogP contribution in [0.25, 0.3) is 0 Å². The average molecular weight is 332 g/mol. The second-order valence-corrected chi connectivity index (χ2v) is 7.84. The lowest BCUT2D eigenvalue weighted by Gasteiger charge is -2.28. The van der Waals surface area contributed by atoms with E-state index in [1.807, 2.05) is 26.0 Å². The van der Waals surface area contributed by atoms with E-state index in [2.05, 4.69) is 5.32 Å². The number of allylic oxidation sites excluding steroid dienone is 2. The average Bonchev–Trinajstić information content (AvgIpc) is 3.14. The molecule has 3 aliphatic rings. The van der Waals surface area contributed by atoms with Gasteiger partial charge in [0.05, 0.1) is 11.8 Å². The molecule has 2 aliphatic carbocycles. The fourth-order valence-corrected chi connectivity index (χ4v) is 4.28. The molecule has 1 saturated heterocycles. The maximum atomic E-state index is 12.8. The fourth-order valence-electron chi connectivity index (χ4n) is 4.28. The second-order valence-electron chi connectivity index (χ2n) is 7.84. The van der Waals surface area contributed by atoms with E-state index in [1.54, 1.807) is 0 Å². The lowest BCUT2D eigenvalue weighted by molar-refractivity contribution is -0.148. The first-order valence-electron chi connectivity index (χ1n) is 9.31. The lowest BCUT2D eigenvalue weighted by atomic mass is 9.85. The van der Waals surface area contributed by atoms with Gasteiger partial charge in [-0.25, -0.2) is 0 Å². The van der Waals surface area contributed by atoms with Crippen LogP contribution in [0, 0.1) is 17.8 Å². The molecule has 5 heteroatoms. The summed E-state index contributed by atoms with van der Waals surface area (Å²) in [6, 6.07) is -0.458. The number of fused-ring (bicyclic) bond motifs is 1. The lowest BCUT2D eigenvalue weighted by Crippen LogP contribution is -2.52. The number of likely N-dealkylation sites (tertiary alicyclic amines) is 1. The molecular weight excluding hydrogens is 304 g/mol. The first-order chi connectivity index (χ1) is 11.5. The predicted octanol–water partition coefficient (Wildman–Crippen LogP) is 2.41. The van der Waals surface area contributed by atoms with Gasteiger partial charge in [-0.1, -0.05) is 38.8 Å². The van der Waals surface area contributed by atoms with Gasteiger partial charge in [-0.3, -0.25) is 19.3 Å². The molecule has 2 fully saturated rings. The maximum Gasteiger partial charge on any atom is 0.243 e. The van der Waals surface area contributed by atoms with Crippen LogP contribution in [0.15, 0.2) is 12.2 Å². The number of nitrogens with zero attached hydrogens (tertiary/aromatic N) is 1. The molecule has 1 N–H and O–H groups in total. The Bertz CT molecular complexity index is 523. The Balaban J connectivity index is 1.78. The van der Waals surface area contributed by atoms with Crippen molar-refractivity contribution in [3.05, 3.63) is 12.2 Å². The normalized spacial score (nSPS) is 28.5. The van der Waals surface area contributed by atoms with Crippen molar-refractivity contribution in [1.82, 2.24) is 10.2 Å². The number of hydrogen-bond donors (Lipinski definition) is 1. The quantitative estimate of drug-likeness (QED) is 0.621. The molecule has 1 heterocycles. The van der Waals surface area contributed by atoms with Crippen LogP contribution in [0.5, 0.6) is 0 Å². The minimum absolute atomic E-state index is 0.149. The van der Waals surface area contributed by atoms with E-state index in [0.29, 0.717) is 19.3 Å². The first kappa shape index (κ1) is 17.2. The minimum atomic E-state index is -0.656. The number of nitrogens with one attached hydrogen (secondary N) is 1. The highest BCUT2D eigenvalue weighted by molar-refractivity contribution is 6.08. The molecule has 5 nitrogen and oxygen atoms in total. The summed E-state index contributed by atoms with van der Waals surface area (Å²) < 4.78 is 0.